The highest BCUT2D eigenvalue weighted by molar-refractivity contribution is 5.85. The molecule has 2 heteroatoms. The van der Waals surface area contributed by atoms with Crippen LogP contribution in [-0.4, -0.2) is 19.4 Å². The van der Waals surface area contributed by atoms with Crippen LogP contribution in [0.2, 0.25) is 0 Å². The molecular formula is C18H25NO. The van der Waals surface area contributed by atoms with Gasteiger partial charge in [0.15, 0.2) is 6.29 Å². The Bertz CT molecular complexity index is 478. The van der Waals surface area contributed by atoms with Gasteiger partial charge in [0.25, 0.3) is 0 Å². The van der Waals surface area contributed by atoms with E-state index in [1.165, 1.54) is 44.9 Å². The van der Waals surface area contributed by atoms with Gasteiger partial charge in [-0.05, 0) is 50.2 Å². The van der Waals surface area contributed by atoms with Crippen LogP contribution in [0.15, 0.2) is 18.2 Å². The molecule has 0 aromatic heterocycles. The fraction of sp³-hybridized carbons (Fsp3) is 0.611. The van der Waals surface area contributed by atoms with Crippen LogP contribution in [0.5, 0.6) is 0 Å². The summed E-state index contributed by atoms with van der Waals surface area (Å²) < 4.78 is 0. The first kappa shape index (κ1) is 13.7. The standard InChI is InChI=1S/C18H25NO/c1-15-5-6-17(16(13-15)14-20)19-11-9-18(10-12-19)7-3-2-4-8-18/h5-6,13-14H,2-4,7-12H2,1H3. The third kappa shape index (κ3) is 2.61. The molecule has 1 heterocycles. The molecule has 0 amide bonds. The lowest BCUT2D eigenvalue weighted by molar-refractivity contribution is 0.112. The average Bonchev–Trinajstić information content (AvgIpc) is 2.49. The number of hydrogen-bond donors (Lipinski definition) is 0. The van der Waals surface area contributed by atoms with Crippen molar-refractivity contribution in [3.05, 3.63) is 29.3 Å². The van der Waals surface area contributed by atoms with E-state index < -0.39 is 0 Å². The van der Waals surface area contributed by atoms with Gasteiger partial charge in [0.2, 0.25) is 0 Å². The zero-order valence-electron chi connectivity index (χ0n) is 12.5. The molecule has 2 fully saturated rings. The molecule has 1 spiro atoms. The van der Waals surface area contributed by atoms with Crippen LogP contribution in [0, 0.1) is 12.3 Å². The van der Waals surface area contributed by atoms with Crippen molar-refractivity contribution >= 4 is 12.0 Å². The molecule has 20 heavy (non-hydrogen) atoms. The first-order valence-corrected chi connectivity index (χ1v) is 8.03. The SMILES string of the molecule is Cc1ccc(N2CCC3(CCCCC3)CC2)c(C=O)c1. The van der Waals surface area contributed by atoms with Crippen LogP contribution in [-0.2, 0) is 0 Å². The topological polar surface area (TPSA) is 20.3 Å². The van der Waals surface area contributed by atoms with Crippen molar-refractivity contribution in [2.24, 2.45) is 5.41 Å². The second kappa shape index (κ2) is 5.59. The van der Waals surface area contributed by atoms with Gasteiger partial charge in [-0.15, -0.1) is 0 Å². The monoisotopic (exact) mass is 271 g/mol. The minimum atomic E-state index is 0.626. The molecule has 0 bridgehead atoms. The van der Waals surface area contributed by atoms with Gasteiger partial charge in [-0.3, -0.25) is 4.79 Å². The van der Waals surface area contributed by atoms with Gasteiger partial charge in [-0.25, -0.2) is 0 Å². The molecule has 1 aromatic rings. The molecule has 1 aliphatic heterocycles. The minimum Gasteiger partial charge on any atom is -0.371 e. The van der Waals surface area contributed by atoms with Crippen LogP contribution in [0.3, 0.4) is 0 Å². The number of aldehydes is 1. The Balaban J connectivity index is 1.73. The Labute approximate surface area is 122 Å². The Morgan fingerprint density at radius 1 is 1.05 bits per heavy atom. The third-order valence-electron chi connectivity index (χ3n) is 5.39. The summed E-state index contributed by atoms with van der Waals surface area (Å²) in [6.07, 6.45) is 10.7. The van der Waals surface area contributed by atoms with E-state index >= 15 is 0 Å². The molecule has 3 rings (SSSR count). The second-order valence-electron chi connectivity index (χ2n) is 6.73. The van der Waals surface area contributed by atoms with Gasteiger partial charge < -0.3 is 4.90 Å². The van der Waals surface area contributed by atoms with Gasteiger partial charge in [-0.1, -0.05) is 30.9 Å². The second-order valence-corrected chi connectivity index (χ2v) is 6.73. The third-order valence-corrected chi connectivity index (χ3v) is 5.39. The Kier molecular flexibility index (Phi) is 3.82. The molecule has 1 aliphatic carbocycles. The fourth-order valence-corrected chi connectivity index (χ4v) is 4.08. The van der Waals surface area contributed by atoms with Crippen LogP contribution >= 0.6 is 0 Å². The molecule has 0 radical (unpaired) electrons. The first-order valence-electron chi connectivity index (χ1n) is 8.03. The highest BCUT2D eigenvalue weighted by Crippen LogP contribution is 2.45. The maximum atomic E-state index is 11.3. The van der Waals surface area contributed by atoms with Gasteiger partial charge in [0.05, 0.1) is 0 Å². The predicted molar refractivity (Wildman–Crippen MR) is 83.5 cm³/mol. The van der Waals surface area contributed by atoms with Crippen molar-refractivity contribution in [3.63, 3.8) is 0 Å². The number of nitrogens with zero attached hydrogens (tertiary/aromatic N) is 1. The molecule has 0 atom stereocenters. The lowest BCUT2D eigenvalue weighted by Gasteiger charge is -2.45. The van der Waals surface area contributed by atoms with E-state index in [4.69, 9.17) is 0 Å². The Morgan fingerprint density at radius 3 is 2.40 bits per heavy atom. The van der Waals surface area contributed by atoms with Gasteiger partial charge >= 0.3 is 0 Å². The largest absolute Gasteiger partial charge is 0.371 e. The van der Waals surface area contributed by atoms with E-state index in [1.807, 2.05) is 13.0 Å². The maximum absolute atomic E-state index is 11.3. The average molecular weight is 271 g/mol. The number of carbonyl (C=O) groups excluding carboxylic acids is 1. The number of aryl methyl sites for hydroxylation is 1. The molecule has 2 aliphatic rings. The van der Waals surface area contributed by atoms with Gasteiger partial charge in [0, 0.05) is 24.3 Å². The molecule has 2 nitrogen and oxygen atoms in total. The van der Waals surface area contributed by atoms with Gasteiger partial charge in [-0.2, -0.15) is 0 Å². The molecule has 1 saturated carbocycles. The summed E-state index contributed by atoms with van der Waals surface area (Å²) in [5.41, 5.74) is 3.78. The summed E-state index contributed by atoms with van der Waals surface area (Å²) in [4.78, 5) is 13.7. The number of anilines is 1. The fourth-order valence-electron chi connectivity index (χ4n) is 4.08. The number of benzene rings is 1. The molecule has 0 unspecified atom stereocenters. The highest BCUT2D eigenvalue weighted by Gasteiger charge is 2.35. The molecule has 1 saturated heterocycles. The summed E-state index contributed by atoms with van der Waals surface area (Å²) in [5.74, 6) is 0. The number of rotatable bonds is 2. The van der Waals surface area contributed by atoms with E-state index in [1.54, 1.807) is 0 Å². The summed E-state index contributed by atoms with van der Waals surface area (Å²) in [6, 6.07) is 6.25. The van der Waals surface area contributed by atoms with Gasteiger partial charge in [0.1, 0.15) is 0 Å². The first-order chi connectivity index (χ1) is 9.72. The van der Waals surface area contributed by atoms with Crippen molar-refractivity contribution in [1.82, 2.24) is 0 Å². The molecule has 108 valence electrons. The van der Waals surface area contributed by atoms with Crippen molar-refractivity contribution in [2.75, 3.05) is 18.0 Å². The molecule has 0 N–H and O–H groups in total. The zero-order valence-corrected chi connectivity index (χ0v) is 12.5. The Hall–Kier alpha value is -1.31. The quantitative estimate of drug-likeness (QED) is 0.745. The summed E-state index contributed by atoms with van der Waals surface area (Å²) in [6.45, 7) is 4.28. The smallest absolute Gasteiger partial charge is 0.152 e. The zero-order chi connectivity index (χ0) is 14.0. The lowest BCUT2D eigenvalue weighted by atomic mass is 9.68. The van der Waals surface area contributed by atoms with Crippen molar-refractivity contribution in [3.8, 4) is 0 Å². The van der Waals surface area contributed by atoms with Crippen molar-refractivity contribution in [2.45, 2.75) is 51.9 Å². The van der Waals surface area contributed by atoms with Crippen LogP contribution in [0.1, 0.15) is 60.9 Å². The minimum absolute atomic E-state index is 0.626. The number of carbonyl (C=O) groups is 1. The highest BCUT2D eigenvalue weighted by atomic mass is 16.1. The van der Waals surface area contributed by atoms with E-state index in [0.717, 1.165) is 36.2 Å². The van der Waals surface area contributed by atoms with E-state index in [-0.39, 0.29) is 0 Å². The number of piperidine rings is 1. The maximum Gasteiger partial charge on any atom is 0.152 e. The van der Waals surface area contributed by atoms with Crippen molar-refractivity contribution in [1.29, 1.82) is 0 Å². The summed E-state index contributed by atoms with van der Waals surface area (Å²) in [5, 5.41) is 0. The van der Waals surface area contributed by atoms with E-state index in [0.29, 0.717) is 5.41 Å². The summed E-state index contributed by atoms with van der Waals surface area (Å²) in [7, 11) is 0. The lowest BCUT2D eigenvalue weighted by Crippen LogP contribution is -2.41. The van der Waals surface area contributed by atoms with E-state index in [9.17, 15) is 4.79 Å². The predicted octanol–water partition coefficient (Wildman–Crippen LogP) is 4.36. The molecular weight excluding hydrogens is 246 g/mol. The van der Waals surface area contributed by atoms with Crippen LogP contribution < -0.4 is 4.90 Å². The van der Waals surface area contributed by atoms with Crippen molar-refractivity contribution < 1.29 is 4.79 Å². The molecule has 1 aromatic carbocycles. The normalized spacial score (nSPS) is 21.9. The van der Waals surface area contributed by atoms with E-state index in [2.05, 4.69) is 17.0 Å². The number of hydrogen-bond acceptors (Lipinski definition) is 2. The summed E-state index contributed by atoms with van der Waals surface area (Å²) >= 11 is 0. The Morgan fingerprint density at radius 2 is 1.75 bits per heavy atom. The van der Waals surface area contributed by atoms with Crippen LogP contribution in [0.25, 0.3) is 0 Å². The van der Waals surface area contributed by atoms with Crippen LogP contribution in [0.4, 0.5) is 5.69 Å².